The molecule has 0 unspecified atom stereocenters. The first-order valence-electron chi connectivity index (χ1n) is 6.81. The van der Waals surface area contributed by atoms with Crippen LogP contribution in [0, 0.1) is 11.7 Å². The molecule has 1 aromatic carbocycles. The van der Waals surface area contributed by atoms with E-state index in [2.05, 4.69) is 29.5 Å². The van der Waals surface area contributed by atoms with Crippen molar-refractivity contribution >= 4 is 17.3 Å². The van der Waals surface area contributed by atoms with Crippen LogP contribution in [-0.2, 0) is 0 Å². The molecule has 0 saturated heterocycles. The highest BCUT2D eigenvalue weighted by Crippen LogP contribution is 2.13. The first-order chi connectivity index (χ1) is 10.0. The predicted molar refractivity (Wildman–Crippen MR) is 81.9 cm³/mol. The summed E-state index contributed by atoms with van der Waals surface area (Å²) in [6, 6.07) is 9.24. The molecule has 0 saturated carbocycles. The molecule has 5 heteroatoms. The number of nitrogens with one attached hydrogen (secondary N) is 2. The molecule has 0 fully saturated rings. The minimum absolute atomic E-state index is 0.285. The van der Waals surface area contributed by atoms with E-state index >= 15 is 0 Å². The molecule has 4 nitrogen and oxygen atoms in total. The molecule has 21 heavy (non-hydrogen) atoms. The van der Waals surface area contributed by atoms with Crippen LogP contribution in [0.5, 0.6) is 0 Å². The molecule has 2 rings (SSSR count). The number of carbonyl (C=O) groups is 1. The number of nitrogens with zero attached hydrogens (tertiary/aromatic N) is 1. The molecule has 1 amide bonds. The number of halogens is 1. The van der Waals surface area contributed by atoms with E-state index in [4.69, 9.17) is 0 Å². The van der Waals surface area contributed by atoms with Crippen molar-refractivity contribution in [3.63, 3.8) is 0 Å². The first kappa shape index (κ1) is 15.0. The van der Waals surface area contributed by atoms with E-state index in [-0.39, 0.29) is 11.6 Å². The SMILES string of the molecule is CC(C)CNc1ccnc(C(=O)Nc2cccc(F)c2)c1. The fourth-order valence-electron chi connectivity index (χ4n) is 1.75. The smallest absolute Gasteiger partial charge is 0.274 e. The van der Waals surface area contributed by atoms with Gasteiger partial charge < -0.3 is 10.6 Å². The summed E-state index contributed by atoms with van der Waals surface area (Å²) in [5.74, 6) is -0.260. The van der Waals surface area contributed by atoms with Gasteiger partial charge in [-0.05, 0) is 36.2 Å². The Kier molecular flexibility index (Phi) is 4.87. The normalized spacial score (nSPS) is 10.5. The highest BCUT2D eigenvalue weighted by Gasteiger charge is 2.09. The average Bonchev–Trinajstić information content (AvgIpc) is 2.45. The number of benzene rings is 1. The standard InChI is InChI=1S/C16H18FN3O/c1-11(2)10-19-13-6-7-18-15(9-13)16(21)20-14-5-3-4-12(17)8-14/h3-9,11H,10H2,1-2H3,(H,18,19)(H,20,21). The van der Waals surface area contributed by atoms with Gasteiger partial charge in [0.05, 0.1) is 0 Å². The summed E-state index contributed by atoms with van der Waals surface area (Å²) in [4.78, 5) is 16.1. The van der Waals surface area contributed by atoms with Crippen molar-refractivity contribution in [1.29, 1.82) is 0 Å². The molecule has 0 radical (unpaired) electrons. The summed E-state index contributed by atoms with van der Waals surface area (Å²) in [6.45, 7) is 5.02. The second-order valence-corrected chi connectivity index (χ2v) is 5.17. The van der Waals surface area contributed by atoms with Gasteiger partial charge in [-0.2, -0.15) is 0 Å². The molecule has 0 aliphatic heterocycles. The Bertz CT molecular complexity index is 628. The first-order valence-corrected chi connectivity index (χ1v) is 6.81. The van der Waals surface area contributed by atoms with Gasteiger partial charge in [-0.25, -0.2) is 4.39 Å². The number of aromatic nitrogens is 1. The lowest BCUT2D eigenvalue weighted by Gasteiger charge is -2.10. The molecule has 1 aromatic heterocycles. The maximum Gasteiger partial charge on any atom is 0.274 e. The third kappa shape index (κ3) is 4.56. The van der Waals surface area contributed by atoms with E-state index in [0.29, 0.717) is 11.6 Å². The quantitative estimate of drug-likeness (QED) is 0.884. The van der Waals surface area contributed by atoms with Crippen molar-refractivity contribution in [1.82, 2.24) is 4.98 Å². The number of amides is 1. The number of hydrogen-bond acceptors (Lipinski definition) is 3. The number of hydrogen-bond donors (Lipinski definition) is 2. The van der Waals surface area contributed by atoms with Gasteiger partial charge in [-0.3, -0.25) is 9.78 Å². The van der Waals surface area contributed by atoms with E-state index in [0.717, 1.165) is 12.2 Å². The zero-order chi connectivity index (χ0) is 15.2. The summed E-state index contributed by atoms with van der Waals surface area (Å²) in [6.07, 6.45) is 1.57. The fourth-order valence-corrected chi connectivity index (χ4v) is 1.75. The fraction of sp³-hybridized carbons (Fsp3) is 0.250. The molecule has 0 spiro atoms. The zero-order valence-corrected chi connectivity index (χ0v) is 12.1. The maximum absolute atomic E-state index is 13.1. The van der Waals surface area contributed by atoms with E-state index in [1.807, 2.05) is 0 Å². The molecular formula is C16H18FN3O. The Hall–Kier alpha value is -2.43. The number of rotatable bonds is 5. The average molecular weight is 287 g/mol. The molecule has 2 aromatic rings. The lowest BCUT2D eigenvalue weighted by molar-refractivity contribution is 0.102. The molecule has 0 bridgehead atoms. The van der Waals surface area contributed by atoms with Gasteiger partial charge in [0.2, 0.25) is 0 Å². The highest BCUT2D eigenvalue weighted by molar-refractivity contribution is 6.03. The second-order valence-electron chi connectivity index (χ2n) is 5.17. The third-order valence-corrected chi connectivity index (χ3v) is 2.79. The molecule has 0 aliphatic rings. The van der Waals surface area contributed by atoms with Gasteiger partial charge in [-0.15, -0.1) is 0 Å². The Labute approximate surface area is 123 Å². The van der Waals surface area contributed by atoms with Crippen molar-refractivity contribution in [3.05, 3.63) is 54.1 Å². The van der Waals surface area contributed by atoms with Crippen LogP contribution >= 0.6 is 0 Å². The molecule has 0 aliphatic carbocycles. The van der Waals surface area contributed by atoms with Crippen LogP contribution in [0.2, 0.25) is 0 Å². The van der Waals surface area contributed by atoms with Gasteiger partial charge in [0.1, 0.15) is 11.5 Å². The Balaban J connectivity index is 2.07. The maximum atomic E-state index is 13.1. The minimum atomic E-state index is -0.395. The summed E-state index contributed by atoms with van der Waals surface area (Å²) < 4.78 is 13.1. The minimum Gasteiger partial charge on any atom is -0.385 e. The summed E-state index contributed by atoms with van der Waals surface area (Å²) in [5.41, 5.74) is 1.53. The van der Waals surface area contributed by atoms with Crippen molar-refractivity contribution in [3.8, 4) is 0 Å². The monoisotopic (exact) mass is 287 g/mol. The van der Waals surface area contributed by atoms with Crippen LogP contribution in [0.3, 0.4) is 0 Å². The lowest BCUT2D eigenvalue weighted by atomic mass is 10.2. The van der Waals surface area contributed by atoms with Gasteiger partial charge in [0.25, 0.3) is 5.91 Å². The van der Waals surface area contributed by atoms with Crippen molar-refractivity contribution in [2.75, 3.05) is 17.2 Å². The highest BCUT2D eigenvalue weighted by atomic mass is 19.1. The predicted octanol–water partition coefficient (Wildman–Crippen LogP) is 3.54. The summed E-state index contributed by atoms with van der Waals surface area (Å²) in [7, 11) is 0. The van der Waals surface area contributed by atoms with E-state index < -0.39 is 5.82 Å². The van der Waals surface area contributed by atoms with Crippen LogP contribution in [-0.4, -0.2) is 17.4 Å². The van der Waals surface area contributed by atoms with Crippen molar-refractivity contribution < 1.29 is 9.18 Å². The summed E-state index contributed by atoms with van der Waals surface area (Å²) in [5, 5.41) is 5.85. The second kappa shape index (κ2) is 6.83. The third-order valence-electron chi connectivity index (χ3n) is 2.79. The molecule has 110 valence electrons. The van der Waals surface area contributed by atoms with Gasteiger partial charge in [-0.1, -0.05) is 19.9 Å². The number of carbonyl (C=O) groups excluding carboxylic acids is 1. The Morgan fingerprint density at radius 3 is 2.76 bits per heavy atom. The molecule has 2 N–H and O–H groups in total. The summed E-state index contributed by atoms with van der Waals surface area (Å²) >= 11 is 0. The van der Waals surface area contributed by atoms with Crippen molar-refractivity contribution in [2.45, 2.75) is 13.8 Å². The molecule has 1 heterocycles. The number of pyridine rings is 1. The molecular weight excluding hydrogens is 269 g/mol. The Morgan fingerprint density at radius 2 is 2.05 bits per heavy atom. The van der Waals surface area contributed by atoms with Gasteiger partial charge in [0, 0.05) is 24.1 Å². The molecule has 0 atom stereocenters. The van der Waals surface area contributed by atoms with Crippen LogP contribution in [0.15, 0.2) is 42.6 Å². The van der Waals surface area contributed by atoms with E-state index in [9.17, 15) is 9.18 Å². The Morgan fingerprint density at radius 1 is 1.24 bits per heavy atom. The van der Waals surface area contributed by atoms with E-state index in [1.54, 1.807) is 30.5 Å². The van der Waals surface area contributed by atoms with Crippen LogP contribution in [0.4, 0.5) is 15.8 Å². The topological polar surface area (TPSA) is 54.0 Å². The largest absolute Gasteiger partial charge is 0.385 e. The van der Waals surface area contributed by atoms with Crippen LogP contribution in [0.1, 0.15) is 24.3 Å². The lowest BCUT2D eigenvalue weighted by Crippen LogP contribution is -2.15. The van der Waals surface area contributed by atoms with Crippen molar-refractivity contribution in [2.24, 2.45) is 5.92 Å². The van der Waals surface area contributed by atoms with E-state index in [1.165, 1.54) is 12.1 Å². The van der Waals surface area contributed by atoms with Gasteiger partial charge in [0.15, 0.2) is 0 Å². The van der Waals surface area contributed by atoms with Crippen LogP contribution in [0.25, 0.3) is 0 Å². The van der Waals surface area contributed by atoms with Gasteiger partial charge >= 0.3 is 0 Å². The zero-order valence-electron chi connectivity index (χ0n) is 12.1. The number of anilines is 2. The van der Waals surface area contributed by atoms with Crippen LogP contribution < -0.4 is 10.6 Å².